The molecule has 0 radical (unpaired) electrons. The average molecular weight is 222 g/mol. The number of aryl methyl sites for hydroxylation is 1. The Morgan fingerprint density at radius 2 is 2.31 bits per heavy atom. The molecule has 1 aliphatic heterocycles. The van der Waals surface area contributed by atoms with E-state index < -0.39 is 17.1 Å². The first kappa shape index (κ1) is 10.4. The molecule has 0 aliphatic carbocycles. The van der Waals surface area contributed by atoms with Crippen LogP contribution in [0.2, 0.25) is 0 Å². The van der Waals surface area contributed by atoms with Crippen LogP contribution in [0.5, 0.6) is 0 Å². The van der Waals surface area contributed by atoms with Gasteiger partial charge in [0.25, 0.3) is 5.69 Å². The van der Waals surface area contributed by atoms with Crippen molar-refractivity contribution < 1.29 is 14.5 Å². The van der Waals surface area contributed by atoms with E-state index >= 15 is 0 Å². The number of hydrogen-bond acceptors (Lipinski definition) is 4. The standard InChI is InChI=1S/C10H10N2O4/c1-6-2-3-9(12(14)15)7(4-6)8-5-16-10(13)11-8/h2-4,8H,5H2,1H3,(H,11,13). The Balaban J connectivity index is 2.41. The van der Waals surface area contributed by atoms with Crippen molar-refractivity contribution in [1.82, 2.24) is 5.32 Å². The first-order chi connectivity index (χ1) is 7.58. The van der Waals surface area contributed by atoms with E-state index in [1.807, 2.05) is 6.92 Å². The fourth-order valence-electron chi connectivity index (χ4n) is 1.67. The fraction of sp³-hybridized carbons (Fsp3) is 0.300. The smallest absolute Gasteiger partial charge is 0.407 e. The third kappa shape index (κ3) is 1.81. The zero-order valence-corrected chi connectivity index (χ0v) is 8.60. The third-order valence-electron chi connectivity index (χ3n) is 2.43. The van der Waals surface area contributed by atoms with Gasteiger partial charge in [0, 0.05) is 6.07 Å². The minimum absolute atomic E-state index is 0.00130. The van der Waals surface area contributed by atoms with Gasteiger partial charge >= 0.3 is 6.09 Å². The van der Waals surface area contributed by atoms with Gasteiger partial charge in [-0.2, -0.15) is 0 Å². The van der Waals surface area contributed by atoms with Gasteiger partial charge in [-0.05, 0) is 13.0 Å². The third-order valence-corrected chi connectivity index (χ3v) is 2.43. The average Bonchev–Trinajstić information content (AvgIpc) is 2.64. The zero-order chi connectivity index (χ0) is 11.7. The first-order valence-corrected chi connectivity index (χ1v) is 4.76. The fourth-order valence-corrected chi connectivity index (χ4v) is 1.67. The zero-order valence-electron chi connectivity index (χ0n) is 8.60. The summed E-state index contributed by atoms with van der Waals surface area (Å²) in [6.45, 7) is 1.97. The maximum atomic E-state index is 10.9. The van der Waals surface area contributed by atoms with Crippen LogP contribution >= 0.6 is 0 Å². The lowest BCUT2D eigenvalue weighted by Crippen LogP contribution is -2.19. The van der Waals surface area contributed by atoms with Crippen molar-refractivity contribution in [3.8, 4) is 0 Å². The van der Waals surface area contributed by atoms with Crippen LogP contribution in [-0.2, 0) is 4.74 Å². The monoisotopic (exact) mass is 222 g/mol. The number of nitro benzene ring substituents is 1. The van der Waals surface area contributed by atoms with Gasteiger partial charge in [-0.25, -0.2) is 4.79 Å². The topological polar surface area (TPSA) is 81.5 Å². The van der Waals surface area contributed by atoms with E-state index in [9.17, 15) is 14.9 Å². The van der Waals surface area contributed by atoms with Crippen LogP contribution in [0.15, 0.2) is 18.2 Å². The molecule has 1 unspecified atom stereocenters. The molecule has 6 heteroatoms. The van der Waals surface area contributed by atoms with Gasteiger partial charge in [0.1, 0.15) is 6.61 Å². The molecular formula is C10H10N2O4. The summed E-state index contributed by atoms with van der Waals surface area (Å²) >= 11 is 0. The molecule has 0 aromatic heterocycles. The highest BCUT2D eigenvalue weighted by molar-refractivity contribution is 5.70. The molecule has 1 saturated heterocycles. The number of carbonyl (C=O) groups is 1. The molecule has 1 aromatic rings. The molecule has 1 aromatic carbocycles. The van der Waals surface area contributed by atoms with Gasteiger partial charge in [0.15, 0.2) is 0 Å². The Morgan fingerprint density at radius 3 is 2.88 bits per heavy atom. The van der Waals surface area contributed by atoms with Crippen molar-refractivity contribution >= 4 is 11.8 Å². The molecule has 16 heavy (non-hydrogen) atoms. The quantitative estimate of drug-likeness (QED) is 0.609. The van der Waals surface area contributed by atoms with Crippen molar-refractivity contribution in [3.05, 3.63) is 39.4 Å². The van der Waals surface area contributed by atoms with Crippen LogP contribution in [-0.4, -0.2) is 17.6 Å². The lowest BCUT2D eigenvalue weighted by atomic mass is 10.0. The molecule has 2 rings (SSSR count). The Morgan fingerprint density at radius 1 is 1.56 bits per heavy atom. The number of alkyl carbamates (subject to hydrolysis) is 1. The summed E-state index contributed by atoms with van der Waals surface area (Å²) in [5.74, 6) is 0. The van der Waals surface area contributed by atoms with E-state index in [0.29, 0.717) is 5.56 Å². The Kier molecular flexibility index (Phi) is 2.47. The molecule has 1 heterocycles. The second kappa shape index (κ2) is 3.80. The lowest BCUT2D eigenvalue weighted by Gasteiger charge is -2.08. The van der Waals surface area contributed by atoms with Crippen molar-refractivity contribution in [2.45, 2.75) is 13.0 Å². The predicted molar refractivity (Wildman–Crippen MR) is 55.1 cm³/mol. The number of ether oxygens (including phenoxy) is 1. The molecule has 84 valence electrons. The number of nitrogens with one attached hydrogen (secondary N) is 1. The summed E-state index contributed by atoms with van der Waals surface area (Å²) in [7, 11) is 0. The summed E-state index contributed by atoms with van der Waals surface area (Å²) in [6.07, 6.45) is -0.541. The number of rotatable bonds is 2. The Hall–Kier alpha value is -2.11. The summed E-state index contributed by atoms with van der Waals surface area (Å²) in [6, 6.07) is 4.36. The van der Waals surface area contributed by atoms with Gasteiger partial charge in [-0.15, -0.1) is 0 Å². The lowest BCUT2D eigenvalue weighted by molar-refractivity contribution is -0.385. The predicted octanol–water partition coefficient (Wildman–Crippen LogP) is 1.68. The minimum atomic E-state index is -0.541. The summed E-state index contributed by atoms with van der Waals surface area (Å²) in [5.41, 5.74) is 1.39. The molecule has 1 aliphatic rings. The van der Waals surface area contributed by atoms with E-state index in [0.717, 1.165) is 5.56 Å². The number of amides is 1. The number of carbonyl (C=O) groups excluding carboxylic acids is 1. The summed E-state index contributed by atoms with van der Waals surface area (Å²) in [4.78, 5) is 21.3. The van der Waals surface area contributed by atoms with E-state index in [4.69, 9.17) is 4.74 Å². The second-order valence-electron chi connectivity index (χ2n) is 3.61. The van der Waals surface area contributed by atoms with Crippen molar-refractivity contribution in [2.24, 2.45) is 0 Å². The summed E-state index contributed by atoms with van der Waals surface area (Å²) < 4.78 is 4.72. The molecule has 1 amide bonds. The maximum absolute atomic E-state index is 10.9. The highest BCUT2D eigenvalue weighted by Crippen LogP contribution is 2.28. The molecular weight excluding hydrogens is 212 g/mol. The van der Waals surface area contributed by atoms with E-state index in [1.54, 1.807) is 12.1 Å². The van der Waals surface area contributed by atoms with Crippen LogP contribution in [0.1, 0.15) is 17.2 Å². The maximum Gasteiger partial charge on any atom is 0.407 e. The molecule has 6 nitrogen and oxygen atoms in total. The van der Waals surface area contributed by atoms with Crippen LogP contribution in [0.25, 0.3) is 0 Å². The minimum Gasteiger partial charge on any atom is -0.447 e. The van der Waals surface area contributed by atoms with Gasteiger partial charge in [-0.3, -0.25) is 10.1 Å². The normalized spacial score (nSPS) is 19.1. The van der Waals surface area contributed by atoms with E-state index in [1.165, 1.54) is 6.07 Å². The molecule has 1 fully saturated rings. The molecule has 1 atom stereocenters. The van der Waals surface area contributed by atoms with Crippen LogP contribution < -0.4 is 5.32 Å². The van der Waals surface area contributed by atoms with E-state index in [2.05, 4.69) is 5.32 Å². The molecule has 0 saturated carbocycles. The second-order valence-corrected chi connectivity index (χ2v) is 3.61. The van der Waals surface area contributed by atoms with E-state index in [-0.39, 0.29) is 12.3 Å². The SMILES string of the molecule is Cc1ccc([N+](=O)[O-])c(C2COC(=O)N2)c1. The molecule has 1 N–H and O–H groups in total. The van der Waals surface area contributed by atoms with Gasteiger partial charge in [0.2, 0.25) is 0 Å². The highest BCUT2D eigenvalue weighted by atomic mass is 16.6. The molecule has 0 spiro atoms. The first-order valence-electron chi connectivity index (χ1n) is 4.76. The Labute approximate surface area is 91.4 Å². The number of nitrogens with zero attached hydrogens (tertiary/aromatic N) is 1. The Bertz CT molecular complexity index is 458. The number of hydrogen-bond donors (Lipinski definition) is 1. The summed E-state index contributed by atoms with van der Waals surface area (Å²) in [5, 5.41) is 13.4. The van der Waals surface area contributed by atoms with Crippen molar-refractivity contribution in [3.63, 3.8) is 0 Å². The largest absolute Gasteiger partial charge is 0.447 e. The molecule has 0 bridgehead atoms. The van der Waals surface area contributed by atoms with Crippen LogP contribution in [0, 0.1) is 17.0 Å². The van der Waals surface area contributed by atoms with Gasteiger partial charge in [-0.1, -0.05) is 11.6 Å². The number of cyclic esters (lactones) is 1. The van der Waals surface area contributed by atoms with Crippen LogP contribution in [0.4, 0.5) is 10.5 Å². The van der Waals surface area contributed by atoms with Crippen molar-refractivity contribution in [2.75, 3.05) is 6.61 Å². The number of benzene rings is 1. The van der Waals surface area contributed by atoms with Crippen LogP contribution in [0.3, 0.4) is 0 Å². The number of nitro groups is 1. The van der Waals surface area contributed by atoms with Gasteiger partial charge in [0.05, 0.1) is 16.5 Å². The highest BCUT2D eigenvalue weighted by Gasteiger charge is 2.29. The van der Waals surface area contributed by atoms with Gasteiger partial charge < -0.3 is 10.1 Å². The van der Waals surface area contributed by atoms with Crippen molar-refractivity contribution in [1.29, 1.82) is 0 Å².